The minimum Gasteiger partial charge on any atom is -0.370 e. The number of nitrogens with two attached hydrogens (primary N) is 1. The molecule has 1 aromatic heterocycles. The van der Waals surface area contributed by atoms with Crippen molar-refractivity contribution >= 4 is 28.9 Å². The number of anilines is 3. The molecule has 8 nitrogen and oxygen atoms in total. The second-order valence-corrected chi connectivity index (χ2v) is 8.64. The van der Waals surface area contributed by atoms with Crippen LogP contribution < -0.4 is 20.9 Å². The van der Waals surface area contributed by atoms with Crippen LogP contribution in [0.4, 0.5) is 17.1 Å². The number of nitrogens with one attached hydrogen (secondary N) is 1. The number of amides is 2. The Labute approximate surface area is 199 Å². The van der Waals surface area contributed by atoms with Gasteiger partial charge in [-0.25, -0.2) is 0 Å². The third kappa shape index (κ3) is 5.39. The van der Waals surface area contributed by atoms with E-state index in [1.807, 2.05) is 30.3 Å². The number of aromatic nitrogens is 1. The third-order valence-corrected chi connectivity index (χ3v) is 6.28. The molecule has 1 fully saturated rings. The van der Waals surface area contributed by atoms with Gasteiger partial charge in [0.15, 0.2) is 5.69 Å². The summed E-state index contributed by atoms with van der Waals surface area (Å²) in [6, 6.07) is 18.0. The number of para-hydroxylation sites is 1. The minimum absolute atomic E-state index is 0.101. The molecule has 0 saturated carbocycles. The van der Waals surface area contributed by atoms with Gasteiger partial charge in [0.25, 0.3) is 5.91 Å². The van der Waals surface area contributed by atoms with Crippen molar-refractivity contribution in [2.45, 2.75) is 33.2 Å². The molecule has 3 aromatic rings. The van der Waals surface area contributed by atoms with Crippen LogP contribution in [0.15, 0.2) is 59.1 Å². The Bertz CT molecular complexity index is 1140. The van der Waals surface area contributed by atoms with Gasteiger partial charge in [-0.2, -0.15) is 0 Å². The molecule has 2 heterocycles. The summed E-state index contributed by atoms with van der Waals surface area (Å²) in [4.78, 5) is 29.0. The molecule has 0 bridgehead atoms. The zero-order valence-electron chi connectivity index (χ0n) is 19.7. The molecule has 1 aliphatic rings. The zero-order chi connectivity index (χ0) is 24.1. The Morgan fingerprint density at radius 2 is 1.88 bits per heavy atom. The molecular formula is C26H31N5O3. The van der Waals surface area contributed by atoms with E-state index >= 15 is 0 Å². The Kier molecular flexibility index (Phi) is 7.15. The molecule has 34 heavy (non-hydrogen) atoms. The van der Waals surface area contributed by atoms with Crippen LogP contribution in [0.25, 0.3) is 0 Å². The Hall–Kier alpha value is -3.81. The fourth-order valence-electron chi connectivity index (χ4n) is 4.37. The first-order chi connectivity index (χ1) is 16.4. The van der Waals surface area contributed by atoms with Gasteiger partial charge in [0.05, 0.1) is 11.4 Å². The molecule has 2 amide bonds. The second kappa shape index (κ2) is 10.4. The summed E-state index contributed by atoms with van der Waals surface area (Å²) in [6.45, 7) is 6.83. The number of aryl methyl sites for hydroxylation is 1. The molecule has 0 unspecified atom stereocenters. The minimum atomic E-state index is -0.322. The van der Waals surface area contributed by atoms with Crippen LogP contribution in [0.1, 0.15) is 41.6 Å². The number of benzene rings is 2. The maximum Gasteiger partial charge on any atom is 0.277 e. The van der Waals surface area contributed by atoms with E-state index in [2.05, 4.69) is 45.4 Å². The average Bonchev–Trinajstić information content (AvgIpc) is 3.30. The van der Waals surface area contributed by atoms with Crippen molar-refractivity contribution < 1.29 is 14.1 Å². The topological polar surface area (TPSA) is 105 Å². The average molecular weight is 462 g/mol. The molecule has 0 spiro atoms. The Balaban J connectivity index is 1.60. The van der Waals surface area contributed by atoms with E-state index in [1.165, 1.54) is 0 Å². The zero-order valence-corrected chi connectivity index (χ0v) is 19.7. The normalized spacial score (nSPS) is 14.1. The van der Waals surface area contributed by atoms with E-state index in [9.17, 15) is 9.59 Å². The van der Waals surface area contributed by atoms with Crippen LogP contribution in [-0.2, 0) is 11.3 Å². The summed E-state index contributed by atoms with van der Waals surface area (Å²) >= 11 is 0. The summed E-state index contributed by atoms with van der Waals surface area (Å²) in [7, 11) is 0. The number of hydrogen-bond donors (Lipinski definition) is 2. The number of hydrogen-bond acceptors (Lipinski definition) is 6. The van der Waals surface area contributed by atoms with Gasteiger partial charge in [0.1, 0.15) is 5.76 Å². The highest BCUT2D eigenvalue weighted by atomic mass is 16.5. The smallest absolute Gasteiger partial charge is 0.277 e. The first-order valence-electron chi connectivity index (χ1n) is 11.7. The van der Waals surface area contributed by atoms with E-state index in [0.29, 0.717) is 43.9 Å². The Morgan fingerprint density at radius 3 is 2.50 bits per heavy atom. The van der Waals surface area contributed by atoms with Gasteiger partial charge in [-0.3, -0.25) is 9.59 Å². The van der Waals surface area contributed by atoms with Gasteiger partial charge >= 0.3 is 0 Å². The van der Waals surface area contributed by atoms with Gasteiger partial charge in [-0.1, -0.05) is 29.4 Å². The largest absolute Gasteiger partial charge is 0.370 e. The van der Waals surface area contributed by atoms with E-state index in [-0.39, 0.29) is 23.4 Å². The lowest BCUT2D eigenvalue weighted by Gasteiger charge is -2.34. The summed E-state index contributed by atoms with van der Waals surface area (Å²) in [5, 5.41) is 6.88. The Morgan fingerprint density at radius 1 is 1.15 bits per heavy atom. The van der Waals surface area contributed by atoms with Crippen molar-refractivity contribution in [2.24, 2.45) is 11.7 Å². The first-order valence-corrected chi connectivity index (χ1v) is 11.7. The van der Waals surface area contributed by atoms with E-state index in [4.69, 9.17) is 10.3 Å². The van der Waals surface area contributed by atoms with Gasteiger partial charge in [-0.05, 0) is 56.5 Å². The van der Waals surface area contributed by atoms with Crippen LogP contribution in [-0.4, -0.2) is 36.6 Å². The summed E-state index contributed by atoms with van der Waals surface area (Å²) in [5.74, 6) is -0.0899. The van der Waals surface area contributed by atoms with Gasteiger partial charge < -0.3 is 25.4 Å². The predicted octanol–water partition coefficient (Wildman–Crippen LogP) is 3.96. The lowest BCUT2D eigenvalue weighted by atomic mass is 9.95. The predicted molar refractivity (Wildman–Crippen MR) is 133 cm³/mol. The standard InChI is InChI=1S/C26H31N5O3/c1-3-30(21-7-5-4-6-8-21)17-19-9-10-24(31-13-11-20(12-14-31)25(27)32)22(16-19)28-26(33)23-15-18(2)34-29-23/h4-10,15-16,20H,3,11-14,17H2,1-2H3,(H2,27,32)(H,28,33). The SMILES string of the molecule is CCN(Cc1ccc(N2CCC(C(N)=O)CC2)c(NC(=O)c2cc(C)on2)c1)c1ccccc1. The highest BCUT2D eigenvalue weighted by Gasteiger charge is 2.25. The van der Waals surface area contributed by atoms with Crippen molar-refractivity contribution in [1.82, 2.24) is 5.16 Å². The van der Waals surface area contributed by atoms with Crippen molar-refractivity contribution in [2.75, 3.05) is 34.8 Å². The number of rotatable bonds is 8. The van der Waals surface area contributed by atoms with Crippen molar-refractivity contribution in [3.05, 3.63) is 71.6 Å². The summed E-state index contributed by atoms with van der Waals surface area (Å²) < 4.78 is 5.07. The molecule has 1 saturated heterocycles. The highest BCUT2D eigenvalue weighted by molar-refractivity contribution is 6.04. The molecule has 0 atom stereocenters. The maximum absolute atomic E-state index is 12.9. The highest BCUT2D eigenvalue weighted by Crippen LogP contribution is 2.32. The molecule has 8 heteroatoms. The number of primary amides is 1. The number of carbonyl (C=O) groups excluding carboxylic acids is 2. The van der Waals surface area contributed by atoms with Crippen LogP contribution in [0.2, 0.25) is 0 Å². The summed E-state index contributed by atoms with van der Waals surface area (Å²) in [6.07, 6.45) is 1.40. The van der Waals surface area contributed by atoms with Crippen LogP contribution in [0.3, 0.4) is 0 Å². The molecule has 3 N–H and O–H groups in total. The van der Waals surface area contributed by atoms with E-state index < -0.39 is 0 Å². The van der Waals surface area contributed by atoms with Crippen molar-refractivity contribution in [3.8, 4) is 0 Å². The second-order valence-electron chi connectivity index (χ2n) is 8.64. The fraction of sp³-hybridized carbons (Fsp3) is 0.346. The van der Waals surface area contributed by atoms with Gasteiger partial charge in [0.2, 0.25) is 5.91 Å². The lowest BCUT2D eigenvalue weighted by Crippen LogP contribution is -2.39. The molecular weight excluding hydrogens is 430 g/mol. The van der Waals surface area contributed by atoms with Gasteiger partial charge in [-0.15, -0.1) is 0 Å². The molecule has 2 aromatic carbocycles. The van der Waals surface area contributed by atoms with Gasteiger partial charge in [0, 0.05) is 43.9 Å². The van der Waals surface area contributed by atoms with Crippen LogP contribution >= 0.6 is 0 Å². The molecule has 0 radical (unpaired) electrons. The fourth-order valence-corrected chi connectivity index (χ4v) is 4.37. The van der Waals surface area contributed by atoms with Crippen LogP contribution in [0.5, 0.6) is 0 Å². The van der Waals surface area contributed by atoms with Crippen molar-refractivity contribution in [1.29, 1.82) is 0 Å². The van der Waals surface area contributed by atoms with E-state index in [1.54, 1.807) is 13.0 Å². The quantitative estimate of drug-likeness (QED) is 0.526. The maximum atomic E-state index is 12.9. The number of piperidine rings is 1. The molecule has 0 aliphatic carbocycles. The molecule has 4 rings (SSSR count). The monoisotopic (exact) mass is 461 g/mol. The first kappa shape index (κ1) is 23.4. The van der Waals surface area contributed by atoms with Crippen LogP contribution in [0, 0.1) is 12.8 Å². The number of nitrogens with zero attached hydrogens (tertiary/aromatic N) is 3. The third-order valence-electron chi connectivity index (χ3n) is 6.28. The van der Waals surface area contributed by atoms with Crippen molar-refractivity contribution in [3.63, 3.8) is 0 Å². The molecule has 178 valence electrons. The summed E-state index contributed by atoms with van der Waals surface area (Å²) in [5.41, 5.74) is 9.60. The number of carbonyl (C=O) groups is 2. The molecule has 1 aliphatic heterocycles. The van der Waals surface area contributed by atoms with E-state index in [0.717, 1.165) is 23.5 Å². The lowest BCUT2D eigenvalue weighted by molar-refractivity contribution is -0.122.